The predicted octanol–water partition coefficient (Wildman–Crippen LogP) is 0.473. The number of carboxylic acid groups (broad SMARTS) is 2. The Morgan fingerprint density at radius 1 is 0.735 bits per heavy atom. The van der Waals surface area contributed by atoms with Crippen molar-refractivity contribution in [1.82, 2.24) is 0 Å². The molecule has 0 aliphatic rings. The van der Waals surface area contributed by atoms with Crippen LogP contribution in [0.5, 0.6) is 17.2 Å². The molecule has 2 aromatic carbocycles. The van der Waals surface area contributed by atoms with Gasteiger partial charge >= 0.3 is 11.9 Å². The van der Waals surface area contributed by atoms with Gasteiger partial charge in [-0.3, -0.25) is 9.59 Å². The molecule has 0 spiro atoms. The van der Waals surface area contributed by atoms with E-state index in [2.05, 4.69) is 0 Å². The van der Waals surface area contributed by atoms with Crippen LogP contribution >= 0.6 is 0 Å². The average molecular weight is 481 g/mol. The fourth-order valence-electron chi connectivity index (χ4n) is 2.50. The molecule has 0 saturated heterocycles. The maximum Gasteiger partial charge on any atom is 0.320 e. The largest absolute Gasteiger partial charge is 0.508 e. The number of carbonyl (C=O) groups is 2. The zero-order chi connectivity index (χ0) is 26.1. The van der Waals surface area contributed by atoms with E-state index in [0.29, 0.717) is 30.8 Å². The summed E-state index contributed by atoms with van der Waals surface area (Å²) in [4.78, 5) is 20.6. The van der Waals surface area contributed by atoms with Crippen LogP contribution in [0.2, 0.25) is 0 Å². The van der Waals surface area contributed by atoms with Gasteiger partial charge in [-0.2, -0.15) is 0 Å². The number of nitrogens with two attached hydrogens (primary N) is 4. The summed E-state index contributed by atoms with van der Waals surface area (Å²) in [5.74, 6) is -2.24. The number of phenolic OH excluding ortho intramolecular Hbond substituents is 3. The molecule has 11 heteroatoms. The molecule has 1 unspecified atom stereocenters. The Kier molecular flexibility index (Phi) is 15.4. The van der Waals surface area contributed by atoms with Crippen molar-refractivity contribution in [2.24, 2.45) is 22.9 Å². The van der Waals surface area contributed by atoms with Crippen LogP contribution in [0.1, 0.15) is 30.4 Å². The van der Waals surface area contributed by atoms with Crippen molar-refractivity contribution in [3.8, 4) is 17.2 Å². The summed E-state index contributed by atoms with van der Waals surface area (Å²) in [5, 5.41) is 43.9. The van der Waals surface area contributed by atoms with E-state index in [-0.39, 0.29) is 17.9 Å². The third-order valence-corrected chi connectivity index (χ3v) is 4.47. The molecular weight excluding hydrogens is 444 g/mol. The zero-order valence-corrected chi connectivity index (χ0v) is 19.0. The highest BCUT2D eigenvalue weighted by Crippen LogP contribution is 2.25. The lowest BCUT2D eigenvalue weighted by Gasteiger charge is -2.06. The van der Waals surface area contributed by atoms with Gasteiger partial charge in [-0.05, 0) is 74.2 Å². The molecule has 2 rings (SSSR count). The summed E-state index contributed by atoms with van der Waals surface area (Å²) >= 11 is 0. The van der Waals surface area contributed by atoms with Crippen molar-refractivity contribution in [2.45, 2.75) is 44.2 Å². The lowest BCUT2D eigenvalue weighted by atomic mass is 10.1. The molecule has 13 N–H and O–H groups in total. The van der Waals surface area contributed by atoms with Crippen molar-refractivity contribution in [3.63, 3.8) is 0 Å². The molecule has 0 aromatic heterocycles. The Morgan fingerprint density at radius 2 is 1.29 bits per heavy atom. The molecule has 0 aliphatic carbocycles. The summed E-state index contributed by atoms with van der Waals surface area (Å²) in [6, 6.07) is 9.47. The second kappa shape index (κ2) is 17.1. The first-order chi connectivity index (χ1) is 16.0. The maximum atomic E-state index is 10.4. The molecule has 0 saturated carbocycles. The van der Waals surface area contributed by atoms with Gasteiger partial charge in [0.05, 0.1) is 0 Å². The molecule has 0 bridgehead atoms. The first kappa shape index (κ1) is 30.6. The molecule has 34 heavy (non-hydrogen) atoms. The van der Waals surface area contributed by atoms with Gasteiger partial charge in [0.1, 0.15) is 17.8 Å². The average Bonchev–Trinajstić information content (AvgIpc) is 2.79. The second-order valence-corrected chi connectivity index (χ2v) is 7.41. The van der Waals surface area contributed by atoms with Gasteiger partial charge in [0.15, 0.2) is 11.5 Å². The standard InChI is InChI=1S/C9H11NO4.C8H11NO.C6H14N2O2/c10-6(9(13)14)3-5-1-2-7(11)8(12)4-5;9-6-5-7-1-3-8(10)4-2-7;7-4-2-1-3-5(8)6(9)10/h1-2,4,6,11-12H,3,10H2,(H,13,14);1-4,10H,5-6,9H2;5H,1-4,7-8H2,(H,9,10)/t;;5-/m..0/s1. The van der Waals surface area contributed by atoms with Crippen molar-refractivity contribution in [2.75, 3.05) is 13.1 Å². The van der Waals surface area contributed by atoms with Gasteiger partial charge in [-0.25, -0.2) is 0 Å². The number of unbranched alkanes of at least 4 members (excludes halogenated alkanes) is 1. The van der Waals surface area contributed by atoms with Crippen LogP contribution in [-0.4, -0.2) is 62.6 Å². The van der Waals surface area contributed by atoms with Crippen molar-refractivity contribution in [1.29, 1.82) is 0 Å². The van der Waals surface area contributed by atoms with Crippen molar-refractivity contribution >= 4 is 11.9 Å². The Balaban J connectivity index is 0.000000492. The van der Waals surface area contributed by atoms with E-state index in [1.54, 1.807) is 12.1 Å². The predicted molar refractivity (Wildman–Crippen MR) is 128 cm³/mol. The van der Waals surface area contributed by atoms with Crippen molar-refractivity contribution < 1.29 is 35.1 Å². The summed E-state index contributed by atoms with van der Waals surface area (Å²) in [7, 11) is 0. The summed E-state index contributed by atoms with van der Waals surface area (Å²) in [5.41, 5.74) is 22.8. The molecule has 0 aliphatic heterocycles. The Hall–Kier alpha value is -3.38. The van der Waals surface area contributed by atoms with Gasteiger partial charge in [0.25, 0.3) is 0 Å². The number of carboxylic acids is 2. The number of aliphatic carboxylic acids is 2. The number of benzene rings is 2. The summed E-state index contributed by atoms with van der Waals surface area (Å²) in [6.07, 6.45) is 3.15. The minimum Gasteiger partial charge on any atom is -0.508 e. The molecule has 190 valence electrons. The second-order valence-electron chi connectivity index (χ2n) is 7.41. The molecular formula is C23H36N4O7. The van der Waals surface area contributed by atoms with Crippen molar-refractivity contribution in [3.05, 3.63) is 53.6 Å². The number of hydrogen-bond acceptors (Lipinski definition) is 9. The van der Waals surface area contributed by atoms with E-state index in [9.17, 15) is 9.59 Å². The fraction of sp³-hybridized carbons (Fsp3) is 0.391. The van der Waals surface area contributed by atoms with Gasteiger partial charge in [-0.1, -0.05) is 24.6 Å². The molecule has 0 fully saturated rings. The Morgan fingerprint density at radius 3 is 1.76 bits per heavy atom. The summed E-state index contributed by atoms with van der Waals surface area (Å²) < 4.78 is 0. The Bertz CT molecular complexity index is 863. The quantitative estimate of drug-likeness (QED) is 0.167. The van der Waals surface area contributed by atoms with E-state index in [1.807, 2.05) is 12.1 Å². The highest BCUT2D eigenvalue weighted by Gasteiger charge is 2.13. The topological polar surface area (TPSA) is 239 Å². The fourth-order valence-corrected chi connectivity index (χ4v) is 2.50. The maximum absolute atomic E-state index is 10.4. The monoisotopic (exact) mass is 480 g/mol. The van der Waals surface area contributed by atoms with Crippen LogP contribution in [-0.2, 0) is 22.4 Å². The van der Waals surface area contributed by atoms with Crippen LogP contribution in [0.25, 0.3) is 0 Å². The van der Waals surface area contributed by atoms with Crippen LogP contribution < -0.4 is 22.9 Å². The van der Waals surface area contributed by atoms with Crippen LogP contribution in [0.3, 0.4) is 0 Å². The minimum absolute atomic E-state index is 0.114. The molecule has 0 heterocycles. The van der Waals surface area contributed by atoms with E-state index in [1.165, 1.54) is 23.8 Å². The summed E-state index contributed by atoms with van der Waals surface area (Å²) in [6.45, 7) is 1.26. The number of rotatable bonds is 10. The van der Waals surface area contributed by atoms with Crippen LogP contribution in [0.4, 0.5) is 0 Å². The van der Waals surface area contributed by atoms with E-state index < -0.39 is 24.0 Å². The number of aromatic hydroxyl groups is 3. The van der Waals surface area contributed by atoms with Gasteiger partial charge in [0.2, 0.25) is 0 Å². The van der Waals surface area contributed by atoms with Gasteiger partial charge in [-0.15, -0.1) is 0 Å². The first-order valence-electron chi connectivity index (χ1n) is 10.7. The van der Waals surface area contributed by atoms with E-state index in [0.717, 1.165) is 19.3 Å². The molecule has 0 radical (unpaired) electrons. The zero-order valence-electron chi connectivity index (χ0n) is 19.0. The SMILES string of the molecule is NC(Cc1ccc(O)c(O)c1)C(=O)O.NCCCC[C@H](N)C(=O)O.NCCc1ccc(O)cc1. The highest BCUT2D eigenvalue weighted by atomic mass is 16.4. The number of phenols is 3. The lowest BCUT2D eigenvalue weighted by molar-refractivity contribution is -0.139. The smallest absolute Gasteiger partial charge is 0.320 e. The van der Waals surface area contributed by atoms with E-state index >= 15 is 0 Å². The molecule has 11 nitrogen and oxygen atoms in total. The van der Waals surface area contributed by atoms with Crippen LogP contribution in [0.15, 0.2) is 42.5 Å². The lowest BCUT2D eigenvalue weighted by Crippen LogP contribution is -2.32. The van der Waals surface area contributed by atoms with Gasteiger partial charge in [0, 0.05) is 0 Å². The third kappa shape index (κ3) is 13.9. The van der Waals surface area contributed by atoms with Gasteiger partial charge < -0.3 is 48.5 Å². The highest BCUT2D eigenvalue weighted by molar-refractivity contribution is 5.73. The third-order valence-electron chi connectivity index (χ3n) is 4.47. The number of hydrogen-bond donors (Lipinski definition) is 9. The first-order valence-corrected chi connectivity index (χ1v) is 10.7. The molecule has 0 amide bonds. The normalized spacial score (nSPS) is 11.8. The van der Waals surface area contributed by atoms with E-state index in [4.69, 9.17) is 48.5 Å². The van der Waals surface area contributed by atoms with Crippen LogP contribution in [0, 0.1) is 0 Å². The molecule has 2 atom stereocenters. The minimum atomic E-state index is -1.10. The molecule has 2 aromatic rings. The Labute approximate surface area is 198 Å².